The number of methoxy groups -OCH3 is 1. The van der Waals surface area contributed by atoms with E-state index in [0.29, 0.717) is 0 Å². The number of aliphatic carboxylic acids is 1. The van der Waals surface area contributed by atoms with Gasteiger partial charge in [-0.25, -0.2) is 0 Å². The first-order valence-corrected chi connectivity index (χ1v) is 4.89. The maximum absolute atomic E-state index is 10.7. The van der Waals surface area contributed by atoms with E-state index in [9.17, 15) is 4.79 Å². The number of aromatic nitrogens is 1. The molecule has 1 saturated carbocycles. The van der Waals surface area contributed by atoms with Crippen molar-refractivity contribution in [3.05, 3.63) is 24.0 Å². The molecule has 1 aliphatic rings. The van der Waals surface area contributed by atoms with Crippen molar-refractivity contribution in [2.24, 2.45) is 0 Å². The summed E-state index contributed by atoms with van der Waals surface area (Å²) in [5.74, 6) is -0.0335. The smallest absolute Gasteiger partial charge is 0.304 e. The second kappa shape index (κ2) is 3.53. The lowest BCUT2D eigenvalue weighted by Gasteiger charge is -2.12. The average molecular weight is 207 g/mol. The molecule has 0 aliphatic heterocycles. The van der Waals surface area contributed by atoms with E-state index in [4.69, 9.17) is 9.84 Å². The van der Waals surface area contributed by atoms with Crippen LogP contribution in [0.3, 0.4) is 0 Å². The van der Waals surface area contributed by atoms with Crippen molar-refractivity contribution in [2.45, 2.75) is 24.7 Å². The number of nitrogens with zero attached hydrogens (tertiary/aromatic N) is 1. The molecule has 0 spiro atoms. The molecule has 0 saturated heterocycles. The molecule has 4 nitrogen and oxygen atoms in total. The highest BCUT2D eigenvalue weighted by Gasteiger charge is 2.47. The highest BCUT2D eigenvalue weighted by Crippen LogP contribution is 2.50. The van der Waals surface area contributed by atoms with Crippen molar-refractivity contribution in [3.63, 3.8) is 0 Å². The van der Waals surface area contributed by atoms with Crippen molar-refractivity contribution in [1.82, 2.24) is 4.98 Å². The zero-order valence-electron chi connectivity index (χ0n) is 8.56. The van der Waals surface area contributed by atoms with E-state index in [1.54, 1.807) is 19.4 Å². The van der Waals surface area contributed by atoms with Gasteiger partial charge in [-0.1, -0.05) is 0 Å². The maximum Gasteiger partial charge on any atom is 0.304 e. The van der Waals surface area contributed by atoms with Crippen LogP contribution in [0.15, 0.2) is 18.3 Å². The molecule has 1 aromatic rings. The van der Waals surface area contributed by atoms with E-state index in [1.807, 2.05) is 6.07 Å². The van der Waals surface area contributed by atoms with E-state index in [-0.39, 0.29) is 11.8 Å². The predicted octanol–water partition coefficient (Wildman–Crippen LogP) is 1.60. The van der Waals surface area contributed by atoms with Crippen LogP contribution in [-0.4, -0.2) is 23.2 Å². The van der Waals surface area contributed by atoms with Gasteiger partial charge in [0.15, 0.2) is 0 Å². The SMILES string of the molecule is COc1ccnc(C2(CC(=O)O)CC2)c1. The fourth-order valence-corrected chi connectivity index (χ4v) is 1.79. The van der Waals surface area contributed by atoms with Gasteiger partial charge in [0.25, 0.3) is 0 Å². The van der Waals surface area contributed by atoms with Gasteiger partial charge < -0.3 is 9.84 Å². The van der Waals surface area contributed by atoms with E-state index < -0.39 is 5.97 Å². The fraction of sp³-hybridized carbons (Fsp3) is 0.455. The number of hydrogen-bond donors (Lipinski definition) is 1. The highest BCUT2D eigenvalue weighted by molar-refractivity contribution is 5.69. The van der Waals surface area contributed by atoms with Crippen LogP contribution in [0.1, 0.15) is 25.0 Å². The molecular formula is C11H13NO3. The average Bonchev–Trinajstić information content (AvgIpc) is 2.98. The summed E-state index contributed by atoms with van der Waals surface area (Å²) in [6.07, 6.45) is 3.63. The molecule has 80 valence electrons. The number of hydrogen-bond acceptors (Lipinski definition) is 3. The van der Waals surface area contributed by atoms with Crippen molar-refractivity contribution in [2.75, 3.05) is 7.11 Å². The Balaban J connectivity index is 2.25. The third kappa shape index (κ3) is 1.93. The first-order chi connectivity index (χ1) is 7.16. The van der Waals surface area contributed by atoms with E-state index in [0.717, 1.165) is 24.3 Å². The van der Waals surface area contributed by atoms with E-state index in [2.05, 4.69) is 4.98 Å². The second-order valence-electron chi connectivity index (χ2n) is 3.93. The summed E-state index contributed by atoms with van der Waals surface area (Å²) >= 11 is 0. The Hall–Kier alpha value is -1.58. The monoisotopic (exact) mass is 207 g/mol. The van der Waals surface area contributed by atoms with Gasteiger partial charge in [0, 0.05) is 17.7 Å². The molecule has 0 bridgehead atoms. The van der Waals surface area contributed by atoms with Crippen molar-refractivity contribution in [3.8, 4) is 5.75 Å². The molecule has 1 aromatic heterocycles. The van der Waals surface area contributed by atoms with Gasteiger partial charge in [-0.3, -0.25) is 9.78 Å². The molecule has 1 N–H and O–H groups in total. The zero-order chi connectivity index (χ0) is 10.9. The predicted molar refractivity (Wildman–Crippen MR) is 54.0 cm³/mol. The number of rotatable bonds is 4. The van der Waals surface area contributed by atoms with Gasteiger partial charge >= 0.3 is 5.97 Å². The fourth-order valence-electron chi connectivity index (χ4n) is 1.79. The number of pyridine rings is 1. The number of carbonyl (C=O) groups is 1. The molecule has 0 unspecified atom stereocenters. The van der Waals surface area contributed by atoms with Gasteiger partial charge in [-0.05, 0) is 18.9 Å². The van der Waals surface area contributed by atoms with E-state index >= 15 is 0 Å². The van der Waals surface area contributed by atoms with Crippen LogP contribution >= 0.6 is 0 Å². The van der Waals surface area contributed by atoms with Crippen molar-refractivity contribution in [1.29, 1.82) is 0 Å². The standard InChI is InChI=1S/C11H13NO3/c1-15-8-2-5-12-9(6-8)11(3-4-11)7-10(13)14/h2,5-6H,3-4,7H2,1H3,(H,13,14). The summed E-state index contributed by atoms with van der Waals surface area (Å²) in [5.41, 5.74) is 0.602. The van der Waals surface area contributed by atoms with Crippen LogP contribution in [0.25, 0.3) is 0 Å². The van der Waals surface area contributed by atoms with Gasteiger partial charge in [0.1, 0.15) is 5.75 Å². The Bertz CT molecular complexity index is 385. The lowest BCUT2D eigenvalue weighted by molar-refractivity contribution is -0.137. The molecule has 0 aromatic carbocycles. The summed E-state index contributed by atoms with van der Waals surface area (Å²) in [6, 6.07) is 3.59. The molecule has 0 radical (unpaired) electrons. The largest absolute Gasteiger partial charge is 0.497 e. The molecule has 1 aliphatic carbocycles. The number of carboxylic acid groups (broad SMARTS) is 1. The van der Waals surface area contributed by atoms with Crippen molar-refractivity contribution >= 4 is 5.97 Å². The minimum atomic E-state index is -0.767. The lowest BCUT2D eigenvalue weighted by Crippen LogP contribution is -2.14. The van der Waals surface area contributed by atoms with Gasteiger partial charge in [-0.15, -0.1) is 0 Å². The highest BCUT2D eigenvalue weighted by atomic mass is 16.5. The molecule has 4 heteroatoms. The minimum Gasteiger partial charge on any atom is -0.497 e. The van der Waals surface area contributed by atoms with Crippen LogP contribution in [-0.2, 0) is 10.2 Å². The van der Waals surface area contributed by atoms with E-state index in [1.165, 1.54) is 0 Å². The Morgan fingerprint density at radius 3 is 2.93 bits per heavy atom. The first-order valence-electron chi connectivity index (χ1n) is 4.89. The third-order valence-electron chi connectivity index (χ3n) is 2.85. The Labute approximate surface area is 87.9 Å². The second-order valence-corrected chi connectivity index (χ2v) is 3.93. The van der Waals surface area contributed by atoms with Crippen molar-refractivity contribution < 1.29 is 14.6 Å². The van der Waals surface area contributed by atoms with Gasteiger partial charge in [0.05, 0.1) is 19.2 Å². The summed E-state index contributed by atoms with van der Waals surface area (Å²) in [7, 11) is 1.59. The van der Waals surface area contributed by atoms with Crippen LogP contribution in [0.2, 0.25) is 0 Å². The molecular weight excluding hydrogens is 194 g/mol. The third-order valence-corrected chi connectivity index (χ3v) is 2.85. The van der Waals surface area contributed by atoms with Crippen LogP contribution in [0.4, 0.5) is 0 Å². The molecule has 1 fully saturated rings. The van der Waals surface area contributed by atoms with Crippen LogP contribution < -0.4 is 4.74 Å². The number of carboxylic acids is 1. The Morgan fingerprint density at radius 1 is 1.67 bits per heavy atom. The number of ether oxygens (including phenoxy) is 1. The van der Waals surface area contributed by atoms with Crippen LogP contribution in [0, 0.1) is 0 Å². The lowest BCUT2D eigenvalue weighted by atomic mass is 9.97. The van der Waals surface area contributed by atoms with Crippen LogP contribution in [0.5, 0.6) is 5.75 Å². The Kier molecular flexibility index (Phi) is 2.34. The topological polar surface area (TPSA) is 59.4 Å². The summed E-state index contributed by atoms with van der Waals surface area (Å²) in [5, 5.41) is 8.82. The minimum absolute atomic E-state index is 0.160. The summed E-state index contributed by atoms with van der Waals surface area (Å²) < 4.78 is 5.10. The van der Waals surface area contributed by atoms with Gasteiger partial charge in [-0.2, -0.15) is 0 Å². The first kappa shape index (κ1) is 9.96. The summed E-state index contributed by atoms with van der Waals surface area (Å²) in [6.45, 7) is 0. The maximum atomic E-state index is 10.7. The summed E-state index contributed by atoms with van der Waals surface area (Å²) in [4.78, 5) is 15.0. The van der Waals surface area contributed by atoms with Gasteiger partial charge in [0.2, 0.25) is 0 Å². The Morgan fingerprint density at radius 2 is 2.40 bits per heavy atom. The quantitative estimate of drug-likeness (QED) is 0.814. The molecule has 0 amide bonds. The molecule has 0 atom stereocenters. The normalized spacial score (nSPS) is 17.1. The zero-order valence-corrected chi connectivity index (χ0v) is 8.56. The molecule has 1 heterocycles. The molecule has 2 rings (SSSR count). The molecule has 15 heavy (non-hydrogen) atoms.